The normalized spacial score (nSPS) is 11.6. The molecule has 0 aliphatic heterocycles. The lowest BCUT2D eigenvalue weighted by Gasteiger charge is -2.17. The third-order valence-corrected chi connectivity index (χ3v) is 2.55. The molecule has 0 unspecified atom stereocenters. The predicted octanol–water partition coefficient (Wildman–Crippen LogP) is 2.32. The van der Waals surface area contributed by atoms with E-state index in [1.807, 2.05) is 38.2 Å². The first-order valence-corrected chi connectivity index (χ1v) is 5.29. The molecule has 0 saturated carbocycles. The predicted molar refractivity (Wildman–Crippen MR) is 65.0 cm³/mol. The number of nitriles is 1. The molecule has 0 atom stereocenters. The topological polar surface area (TPSA) is 65.6 Å². The summed E-state index contributed by atoms with van der Waals surface area (Å²) in [6.07, 6.45) is 2.70. The summed E-state index contributed by atoms with van der Waals surface area (Å²) >= 11 is 0. The highest BCUT2D eigenvalue weighted by molar-refractivity contribution is 5.88. The van der Waals surface area contributed by atoms with E-state index in [0.29, 0.717) is 5.56 Å². The first-order chi connectivity index (χ1) is 7.51. The van der Waals surface area contributed by atoms with Crippen LogP contribution in [0.3, 0.4) is 0 Å². The van der Waals surface area contributed by atoms with Crippen LogP contribution in [0.1, 0.15) is 25.0 Å². The number of nitrogens with zero attached hydrogens (tertiary/aromatic N) is 1. The van der Waals surface area contributed by atoms with Crippen LogP contribution in [-0.4, -0.2) is 10.5 Å². The van der Waals surface area contributed by atoms with Gasteiger partial charge < -0.3 is 10.7 Å². The molecule has 1 heterocycles. The number of nitrogens with one attached hydrogen (secondary N) is 1. The molecule has 1 aromatic heterocycles. The molecule has 0 saturated heterocycles. The van der Waals surface area contributed by atoms with Gasteiger partial charge in [-0.15, -0.1) is 0 Å². The maximum absolute atomic E-state index is 9.08. The van der Waals surface area contributed by atoms with Crippen molar-refractivity contribution in [2.24, 2.45) is 5.73 Å². The zero-order valence-electron chi connectivity index (χ0n) is 9.54. The smallest absolute Gasteiger partial charge is 0.0998 e. The van der Waals surface area contributed by atoms with Gasteiger partial charge in [-0.3, -0.25) is 0 Å². The van der Waals surface area contributed by atoms with Crippen LogP contribution in [0.4, 0.5) is 0 Å². The minimum Gasteiger partial charge on any atom is -0.361 e. The first-order valence-electron chi connectivity index (χ1n) is 5.29. The number of aromatic amines is 1. The Morgan fingerprint density at radius 2 is 2.19 bits per heavy atom. The molecule has 82 valence electrons. The van der Waals surface area contributed by atoms with Crippen molar-refractivity contribution in [3.63, 3.8) is 0 Å². The van der Waals surface area contributed by atoms with E-state index in [1.54, 1.807) is 0 Å². The quantitative estimate of drug-likeness (QED) is 0.804. The van der Waals surface area contributed by atoms with Gasteiger partial charge in [-0.25, -0.2) is 0 Å². The number of hydrogen-bond donors (Lipinski definition) is 2. The van der Waals surface area contributed by atoms with Crippen molar-refractivity contribution in [1.29, 1.82) is 5.26 Å². The molecule has 0 aliphatic rings. The molecule has 1 aromatic carbocycles. The van der Waals surface area contributed by atoms with E-state index < -0.39 is 0 Å². The molecule has 0 amide bonds. The van der Waals surface area contributed by atoms with Gasteiger partial charge in [0.05, 0.1) is 11.6 Å². The second-order valence-corrected chi connectivity index (χ2v) is 4.82. The second kappa shape index (κ2) is 3.66. The Balaban J connectivity index is 2.60. The standard InChI is InChI=1S/C13H15N3/c1-13(2,15)6-10-8-16-11-5-3-4-9(7-14)12(10)11/h3-5,8,16H,6,15H2,1-2H3. The van der Waals surface area contributed by atoms with Crippen LogP contribution in [0.5, 0.6) is 0 Å². The number of fused-ring (bicyclic) bond motifs is 1. The van der Waals surface area contributed by atoms with Gasteiger partial charge in [-0.05, 0) is 38.0 Å². The second-order valence-electron chi connectivity index (χ2n) is 4.82. The zero-order chi connectivity index (χ0) is 11.8. The van der Waals surface area contributed by atoms with Crippen molar-refractivity contribution in [1.82, 2.24) is 4.98 Å². The molecule has 3 heteroatoms. The summed E-state index contributed by atoms with van der Waals surface area (Å²) in [6, 6.07) is 7.92. The summed E-state index contributed by atoms with van der Waals surface area (Å²) in [5, 5.41) is 10.1. The van der Waals surface area contributed by atoms with Crippen molar-refractivity contribution in [3.8, 4) is 6.07 Å². The van der Waals surface area contributed by atoms with Crippen LogP contribution in [-0.2, 0) is 6.42 Å². The summed E-state index contributed by atoms with van der Waals surface area (Å²) in [6.45, 7) is 3.97. The van der Waals surface area contributed by atoms with E-state index >= 15 is 0 Å². The Morgan fingerprint density at radius 1 is 1.44 bits per heavy atom. The maximum atomic E-state index is 9.08. The average molecular weight is 213 g/mol. The Morgan fingerprint density at radius 3 is 2.81 bits per heavy atom. The summed E-state index contributed by atoms with van der Waals surface area (Å²) in [7, 11) is 0. The molecule has 2 aromatic rings. The SMILES string of the molecule is CC(C)(N)Cc1c[nH]c2cccc(C#N)c12. The lowest BCUT2D eigenvalue weighted by atomic mass is 9.94. The van der Waals surface area contributed by atoms with Crippen LogP contribution in [0.15, 0.2) is 24.4 Å². The number of H-pyrrole nitrogens is 1. The number of hydrogen-bond acceptors (Lipinski definition) is 2. The lowest BCUT2D eigenvalue weighted by molar-refractivity contribution is 0.518. The summed E-state index contributed by atoms with van der Waals surface area (Å²) in [5.41, 5.74) is 8.56. The van der Waals surface area contributed by atoms with Crippen LogP contribution >= 0.6 is 0 Å². The van der Waals surface area contributed by atoms with Gasteiger partial charge in [0.15, 0.2) is 0 Å². The van der Waals surface area contributed by atoms with E-state index in [4.69, 9.17) is 11.0 Å². The number of benzene rings is 1. The number of rotatable bonds is 2. The van der Waals surface area contributed by atoms with E-state index in [2.05, 4.69) is 11.1 Å². The minimum absolute atomic E-state index is 0.266. The van der Waals surface area contributed by atoms with Gasteiger partial charge in [0.1, 0.15) is 0 Å². The summed E-state index contributed by atoms with van der Waals surface area (Å²) in [4.78, 5) is 3.18. The van der Waals surface area contributed by atoms with E-state index in [0.717, 1.165) is 22.9 Å². The van der Waals surface area contributed by atoms with Crippen molar-refractivity contribution in [2.45, 2.75) is 25.8 Å². The summed E-state index contributed by atoms with van der Waals surface area (Å²) in [5.74, 6) is 0. The van der Waals surface area contributed by atoms with Crippen molar-refractivity contribution < 1.29 is 0 Å². The van der Waals surface area contributed by atoms with Crippen LogP contribution in [0.2, 0.25) is 0 Å². The monoisotopic (exact) mass is 213 g/mol. The molecule has 16 heavy (non-hydrogen) atoms. The van der Waals surface area contributed by atoms with Gasteiger partial charge in [0, 0.05) is 22.6 Å². The highest BCUT2D eigenvalue weighted by Gasteiger charge is 2.16. The molecule has 3 nitrogen and oxygen atoms in total. The Labute approximate surface area is 94.9 Å². The largest absolute Gasteiger partial charge is 0.361 e. The lowest BCUT2D eigenvalue weighted by Crippen LogP contribution is -2.34. The van der Waals surface area contributed by atoms with E-state index in [1.165, 1.54) is 0 Å². The van der Waals surface area contributed by atoms with E-state index in [9.17, 15) is 0 Å². The molecule has 0 radical (unpaired) electrons. The fourth-order valence-electron chi connectivity index (χ4n) is 1.98. The molecular formula is C13H15N3. The molecule has 2 rings (SSSR count). The molecular weight excluding hydrogens is 198 g/mol. The fraction of sp³-hybridized carbons (Fsp3) is 0.308. The van der Waals surface area contributed by atoms with Crippen LogP contribution in [0, 0.1) is 11.3 Å². The van der Waals surface area contributed by atoms with Crippen molar-refractivity contribution >= 4 is 10.9 Å². The van der Waals surface area contributed by atoms with Crippen LogP contribution < -0.4 is 5.73 Å². The molecule has 0 aliphatic carbocycles. The maximum Gasteiger partial charge on any atom is 0.0998 e. The number of aromatic nitrogens is 1. The fourth-order valence-corrected chi connectivity index (χ4v) is 1.98. The van der Waals surface area contributed by atoms with Crippen LogP contribution in [0.25, 0.3) is 10.9 Å². The zero-order valence-corrected chi connectivity index (χ0v) is 9.54. The minimum atomic E-state index is -0.266. The van der Waals surface area contributed by atoms with Crippen molar-refractivity contribution in [3.05, 3.63) is 35.5 Å². The molecule has 3 N–H and O–H groups in total. The van der Waals surface area contributed by atoms with E-state index in [-0.39, 0.29) is 5.54 Å². The number of nitrogens with two attached hydrogens (primary N) is 1. The average Bonchev–Trinajstić information content (AvgIpc) is 2.59. The third-order valence-electron chi connectivity index (χ3n) is 2.55. The van der Waals surface area contributed by atoms with Crippen molar-refractivity contribution in [2.75, 3.05) is 0 Å². The van der Waals surface area contributed by atoms with Gasteiger partial charge in [0.2, 0.25) is 0 Å². The Bertz CT molecular complexity index is 553. The summed E-state index contributed by atoms with van der Waals surface area (Å²) < 4.78 is 0. The van der Waals surface area contributed by atoms with Gasteiger partial charge in [-0.2, -0.15) is 5.26 Å². The molecule has 0 bridgehead atoms. The Hall–Kier alpha value is -1.79. The Kier molecular flexibility index (Phi) is 2.45. The molecule has 0 spiro atoms. The first kappa shape index (κ1) is 10.7. The van der Waals surface area contributed by atoms with Gasteiger partial charge in [-0.1, -0.05) is 6.07 Å². The molecule has 0 fully saturated rings. The highest BCUT2D eigenvalue weighted by Crippen LogP contribution is 2.24. The highest BCUT2D eigenvalue weighted by atomic mass is 14.7. The third kappa shape index (κ3) is 1.93. The van der Waals surface area contributed by atoms with Gasteiger partial charge in [0.25, 0.3) is 0 Å². The van der Waals surface area contributed by atoms with Gasteiger partial charge >= 0.3 is 0 Å².